The lowest BCUT2D eigenvalue weighted by atomic mass is 10.2. The van der Waals surface area contributed by atoms with E-state index in [-0.39, 0.29) is 5.82 Å². The number of hydrogen-bond donors (Lipinski definition) is 0. The molecule has 6 heteroatoms. The lowest BCUT2D eigenvalue weighted by molar-refractivity contribution is 0.617. The molecule has 3 nitrogen and oxygen atoms in total. The van der Waals surface area contributed by atoms with E-state index < -0.39 is 0 Å². The fourth-order valence-corrected chi connectivity index (χ4v) is 3.17. The van der Waals surface area contributed by atoms with Gasteiger partial charge in [0.05, 0.1) is 0 Å². The van der Waals surface area contributed by atoms with Crippen LogP contribution >= 0.6 is 23.4 Å². The first-order chi connectivity index (χ1) is 10.3. The van der Waals surface area contributed by atoms with Crippen LogP contribution in [0.4, 0.5) is 4.39 Å². The molecule has 0 N–H and O–H groups in total. The highest BCUT2D eigenvalue weighted by molar-refractivity contribution is 7.98. The summed E-state index contributed by atoms with van der Waals surface area (Å²) in [6.07, 6.45) is 1.64. The smallest absolute Gasteiger partial charge is 0.195 e. The third-order valence-electron chi connectivity index (χ3n) is 2.96. The molecule has 0 fully saturated rings. The van der Waals surface area contributed by atoms with Gasteiger partial charge in [-0.2, -0.15) is 0 Å². The molecule has 106 valence electrons. The van der Waals surface area contributed by atoms with Gasteiger partial charge in [-0.1, -0.05) is 47.6 Å². The second-order valence-electron chi connectivity index (χ2n) is 4.31. The molecule has 0 amide bonds. The van der Waals surface area contributed by atoms with E-state index in [2.05, 4.69) is 10.2 Å². The van der Waals surface area contributed by atoms with Crippen molar-refractivity contribution in [1.29, 1.82) is 0 Å². The maximum atomic E-state index is 13.8. The topological polar surface area (TPSA) is 30.7 Å². The highest BCUT2D eigenvalue weighted by Gasteiger charge is 2.11. The van der Waals surface area contributed by atoms with Crippen LogP contribution in [0.1, 0.15) is 5.56 Å². The second kappa shape index (κ2) is 6.28. The number of hydrogen-bond acceptors (Lipinski definition) is 3. The predicted octanol–water partition coefficient (Wildman–Crippen LogP) is 4.35. The average Bonchev–Trinajstić information content (AvgIpc) is 2.96. The summed E-state index contributed by atoms with van der Waals surface area (Å²) in [6.45, 7) is 0. The summed E-state index contributed by atoms with van der Waals surface area (Å²) in [6, 6.07) is 14.4. The van der Waals surface area contributed by atoms with Crippen LogP contribution in [0.3, 0.4) is 0 Å². The summed E-state index contributed by atoms with van der Waals surface area (Å²) >= 11 is 7.43. The average molecular weight is 320 g/mol. The molecule has 0 unspecified atom stereocenters. The zero-order chi connectivity index (χ0) is 14.7. The Hall–Kier alpha value is -1.85. The fourth-order valence-electron chi connectivity index (χ4n) is 1.90. The standard InChI is InChI=1S/C15H11ClFN3S/c16-13-7-4-8-14(17)12(13)9-21-15-19-18-10-20(15)11-5-2-1-3-6-11/h1-8,10H,9H2. The Labute approximate surface area is 130 Å². The third-order valence-corrected chi connectivity index (χ3v) is 4.28. The minimum Gasteiger partial charge on any atom is -0.277 e. The summed E-state index contributed by atoms with van der Waals surface area (Å²) in [4.78, 5) is 0. The zero-order valence-electron chi connectivity index (χ0n) is 10.9. The number of para-hydroxylation sites is 1. The minimum atomic E-state index is -0.305. The van der Waals surface area contributed by atoms with Crippen LogP contribution < -0.4 is 0 Å². The van der Waals surface area contributed by atoms with Crippen LogP contribution in [0.5, 0.6) is 0 Å². The summed E-state index contributed by atoms with van der Waals surface area (Å²) in [5.74, 6) is 0.0950. The molecule has 0 aliphatic heterocycles. The van der Waals surface area contributed by atoms with Crippen LogP contribution in [0.25, 0.3) is 5.69 Å². The van der Waals surface area contributed by atoms with Crippen molar-refractivity contribution in [1.82, 2.24) is 14.8 Å². The van der Waals surface area contributed by atoms with E-state index >= 15 is 0 Å². The Morgan fingerprint density at radius 3 is 2.67 bits per heavy atom. The van der Waals surface area contributed by atoms with Crippen molar-refractivity contribution in [2.45, 2.75) is 10.9 Å². The molecule has 1 aromatic heterocycles. The highest BCUT2D eigenvalue weighted by atomic mass is 35.5. The van der Waals surface area contributed by atoms with E-state index in [9.17, 15) is 4.39 Å². The van der Waals surface area contributed by atoms with Gasteiger partial charge in [-0.3, -0.25) is 4.57 Å². The van der Waals surface area contributed by atoms with Gasteiger partial charge in [0.2, 0.25) is 0 Å². The Bertz CT molecular complexity index is 725. The number of benzene rings is 2. The highest BCUT2D eigenvalue weighted by Crippen LogP contribution is 2.28. The maximum absolute atomic E-state index is 13.8. The largest absolute Gasteiger partial charge is 0.277 e. The monoisotopic (exact) mass is 319 g/mol. The Morgan fingerprint density at radius 2 is 1.90 bits per heavy atom. The van der Waals surface area contributed by atoms with E-state index in [0.29, 0.717) is 21.5 Å². The lowest BCUT2D eigenvalue weighted by Crippen LogP contribution is -1.96. The Kier molecular flexibility index (Phi) is 4.22. The molecule has 0 saturated carbocycles. The van der Waals surface area contributed by atoms with E-state index in [1.54, 1.807) is 18.5 Å². The lowest BCUT2D eigenvalue weighted by Gasteiger charge is -2.07. The van der Waals surface area contributed by atoms with Crippen molar-refractivity contribution in [3.63, 3.8) is 0 Å². The number of aromatic nitrogens is 3. The molecule has 1 heterocycles. The fraction of sp³-hybridized carbons (Fsp3) is 0.0667. The number of rotatable bonds is 4. The quantitative estimate of drug-likeness (QED) is 0.670. The van der Waals surface area contributed by atoms with E-state index in [4.69, 9.17) is 11.6 Å². The van der Waals surface area contributed by atoms with Gasteiger partial charge in [-0.05, 0) is 24.3 Å². The minimum absolute atomic E-state index is 0.305. The summed E-state index contributed by atoms with van der Waals surface area (Å²) < 4.78 is 15.6. The first kappa shape index (κ1) is 14.1. The molecular formula is C15H11ClFN3S. The molecule has 21 heavy (non-hydrogen) atoms. The Balaban J connectivity index is 1.83. The molecule has 0 radical (unpaired) electrons. The molecule has 0 aliphatic rings. The van der Waals surface area contributed by atoms with Crippen LogP contribution in [-0.4, -0.2) is 14.8 Å². The number of thioether (sulfide) groups is 1. The van der Waals surface area contributed by atoms with Gasteiger partial charge in [0.1, 0.15) is 12.1 Å². The molecular weight excluding hydrogens is 309 g/mol. The van der Waals surface area contributed by atoms with Crippen molar-refractivity contribution in [2.75, 3.05) is 0 Å². The van der Waals surface area contributed by atoms with Gasteiger partial charge >= 0.3 is 0 Å². The van der Waals surface area contributed by atoms with Gasteiger partial charge in [0.15, 0.2) is 5.16 Å². The van der Waals surface area contributed by atoms with Crippen molar-refractivity contribution < 1.29 is 4.39 Å². The van der Waals surface area contributed by atoms with Crippen molar-refractivity contribution >= 4 is 23.4 Å². The SMILES string of the molecule is Fc1cccc(Cl)c1CSc1nncn1-c1ccccc1. The molecule has 0 bridgehead atoms. The van der Waals surface area contributed by atoms with Crippen LogP contribution in [-0.2, 0) is 5.75 Å². The van der Waals surface area contributed by atoms with E-state index in [1.165, 1.54) is 17.8 Å². The van der Waals surface area contributed by atoms with E-state index in [0.717, 1.165) is 5.69 Å². The van der Waals surface area contributed by atoms with E-state index in [1.807, 2.05) is 34.9 Å². The van der Waals surface area contributed by atoms with Crippen LogP contribution in [0.15, 0.2) is 60.0 Å². The van der Waals surface area contributed by atoms with Gasteiger partial charge in [-0.15, -0.1) is 10.2 Å². The number of nitrogens with zero attached hydrogens (tertiary/aromatic N) is 3. The van der Waals surface area contributed by atoms with Crippen LogP contribution in [0.2, 0.25) is 5.02 Å². The van der Waals surface area contributed by atoms with Crippen molar-refractivity contribution in [3.8, 4) is 5.69 Å². The predicted molar refractivity (Wildman–Crippen MR) is 82.3 cm³/mol. The summed E-state index contributed by atoms with van der Waals surface area (Å²) in [5.41, 5.74) is 1.44. The van der Waals surface area contributed by atoms with Gasteiger partial charge < -0.3 is 0 Å². The maximum Gasteiger partial charge on any atom is 0.195 e. The first-order valence-corrected chi connectivity index (χ1v) is 7.63. The molecule has 3 aromatic rings. The zero-order valence-corrected chi connectivity index (χ0v) is 12.5. The van der Waals surface area contributed by atoms with Crippen molar-refractivity contribution in [2.24, 2.45) is 0 Å². The molecule has 0 spiro atoms. The number of halogens is 2. The first-order valence-electron chi connectivity index (χ1n) is 6.27. The van der Waals surface area contributed by atoms with Gasteiger partial charge in [-0.25, -0.2) is 4.39 Å². The molecule has 0 atom stereocenters. The molecule has 0 saturated heterocycles. The summed E-state index contributed by atoms with van der Waals surface area (Å²) in [5, 5.41) is 9.12. The van der Waals surface area contributed by atoms with Crippen LogP contribution in [0, 0.1) is 5.82 Å². The summed E-state index contributed by atoms with van der Waals surface area (Å²) in [7, 11) is 0. The third kappa shape index (κ3) is 3.09. The molecule has 0 aliphatic carbocycles. The van der Waals surface area contributed by atoms with Crippen molar-refractivity contribution in [3.05, 3.63) is 71.3 Å². The normalized spacial score (nSPS) is 10.8. The van der Waals surface area contributed by atoms with Gasteiger partial charge in [0, 0.05) is 22.0 Å². The van der Waals surface area contributed by atoms with Gasteiger partial charge in [0.25, 0.3) is 0 Å². The Morgan fingerprint density at radius 1 is 1.10 bits per heavy atom. The molecule has 3 rings (SSSR count). The second-order valence-corrected chi connectivity index (χ2v) is 5.66. The molecule has 2 aromatic carbocycles.